The van der Waals surface area contributed by atoms with Crippen molar-refractivity contribution in [2.24, 2.45) is 0 Å². The number of sulfone groups is 1. The second-order valence-electron chi connectivity index (χ2n) is 4.23. The summed E-state index contributed by atoms with van der Waals surface area (Å²) in [5, 5.41) is 0. The van der Waals surface area contributed by atoms with Crippen molar-refractivity contribution < 1.29 is 13.2 Å². The first-order chi connectivity index (χ1) is 7.70. The molecule has 0 aromatic heterocycles. The lowest BCUT2D eigenvalue weighted by atomic mass is 10.0. The minimum absolute atomic E-state index is 0.0410. The van der Waals surface area contributed by atoms with Gasteiger partial charge < -0.3 is 0 Å². The average Bonchev–Trinajstić information content (AvgIpc) is 2.20. The van der Waals surface area contributed by atoms with E-state index in [9.17, 15) is 13.2 Å². The SMILES string of the molecule is Cc1cc(C(=O)CCS(C)(=O)=O)cc(C)c1Br. The number of benzene rings is 1. The standard InChI is InChI=1S/C12H15BrO3S/c1-8-6-10(7-9(2)12(8)13)11(14)4-5-17(3,15)16/h6-7H,4-5H2,1-3H3. The molecule has 0 saturated heterocycles. The van der Waals surface area contributed by atoms with E-state index < -0.39 is 9.84 Å². The molecule has 0 saturated carbocycles. The van der Waals surface area contributed by atoms with Crippen LogP contribution >= 0.6 is 15.9 Å². The fourth-order valence-corrected chi connectivity index (χ4v) is 2.31. The molecule has 0 radical (unpaired) electrons. The fourth-order valence-electron chi connectivity index (χ4n) is 1.53. The first-order valence-electron chi connectivity index (χ1n) is 5.18. The van der Waals surface area contributed by atoms with E-state index in [0.717, 1.165) is 21.9 Å². The number of hydrogen-bond acceptors (Lipinski definition) is 3. The topological polar surface area (TPSA) is 51.2 Å². The van der Waals surface area contributed by atoms with Gasteiger partial charge in [-0.2, -0.15) is 0 Å². The van der Waals surface area contributed by atoms with E-state index in [0.29, 0.717) is 5.56 Å². The van der Waals surface area contributed by atoms with Gasteiger partial charge in [0, 0.05) is 22.7 Å². The third-order valence-corrected chi connectivity index (χ3v) is 4.65. The maximum atomic E-state index is 11.8. The molecule has 1 aromatic rings. The van der Waals surface area contributed by atoms with Crippen molar-refractivity contribution >= 4 is 31.6 Å². The molecule has 0 aliphatic carbocycles. The Morgan fingerprint density at radius 2 is 1.71 bits per heavy atom. The summed E-state index contributed by atoms with van der Waals surface area (Å²) in [6.07, 6.45) is 1.18. The average molecular weight is 319 g/mol. The van der Waals surface area contributed by atoms with E-state index in [1.807, 2.05) is 13.8 Å². The van der Waals surface area contributed by atoms with Crippen LogP contribution < -0.4 is 0 Å². The molecule has 0 unspecified atom stereocenters. The number of halogens is 1. The highest BCUT2D eigenvalue weighted by molar-refractivity contribution is 9.10. The van der Waals surface area contributed by atoms with E-state index in [4.69, 9.17) is 0 Å². The van der Waals surface area contributed by atoms with Gasteiger partial charge in [0.15, 0.2) is 5.78 Å². The second kappa shape index (κ2) is 5.31. The van der Waals surface area contributed by atoms with Crippen molar-refractivity contribution in [2.75, 3.05) is 12.0 Å². The van der Waals surface area contributed by atoms with Crippen molar-refractivity contribution in [1.82, 2.24) is 0 Å². The number of aryl methyl sites for hydroxylation is 2. The van der Waals surface area contributed by atoms with Crippen LogP contribution in [-0.4, -0.2) is 26.2 Å². The van der Waals surface area contributed by atoms with Gasteiger partial charge in [-0.25, -0.2) is 8.42 Å². The highest BCUT2D eigenvalue weighted by Gasteiger charge is 2.12. The molecule has 0 atom stereocenters. The molecule has 0 N–H and O–H groups in total. The van der Waals surface area contributed by atoms with Crippen molar-refractivity contribution in [3.8, 4) is 0 Å². The molecule has 0 aliphatic heterocycles. The molecule has 1 aromatic carbocycles. The van der Waals surface area contributed by atoms with Crippen LogP contribution in [0.3, 0.4) is 0 Å². The van der Waals surface area contributed by atoms with Gasteiger partial charge >= 0.3 is 0 Å². The molecule has 17 heavy (non-hydrogen) atoms. The quantitative estimate of drug-likeness (QED) is 0.802. The Kier molecular flexibility index (Phi) is 4.49. The maximum absolute atomic E-state index is 11.8. The predicted molar refractivity (Wildman–Crippen MR) is 72.3 cm³/mol. The first-order valence-corrected chi connectivity index (χ1v) is 8.04. The summed E-state index contributed by atoms with van der Waals surface area (Å²) >= 11 is 3.43. The number of ketones is 1. The van der Waals surface area contributed by atoms with Crippen LogP contribution in [0.1, 0.15) is 27.9 Å². The van der Waals surface area contributed by atoms with Gasteiger partial charge in [-0.05, 0) is 37.1 Å². The Hall–Kier alpha value is -0.680. The molecule has 0 amide bonds. The van der Waals surface area contributed by atoms with Gasteiger partial charge in [-0.3, -0.25) is 4.79 Å². The fraction of sp³-hybridized carbons (Fsp3) is 0.417. The number of carbonyl (C=O) groups is 1. The minimum Gasteiger partial charge on any atom is -0.294 e. The lowest BCUT2D eigenvalue weighted by molar-refractivity contribution is 0.0988. The summed E-state index contributed by atoms with van der Waals surface area (Å²) in [5.41, 5.74) is 2.53. The molecule has 0 heterocycles. The van der Waals surface area contributed by atoms with Gasteiger partial charge in [0.05, 0.1) is 5.75 Å². The smallest absolute Gasteiger partial charge is 0.163 e. The van der Waals surface area contributed by atoms with E-state index in [2.05, 4.69) is 15.9 Å². The van der Waals surface area contributed by atoms with Crippen molar-refractivity contribution in [3.63, 3.8) is 0 Å². The zero-order chi connectivity index (χ0) is 13.2. The van der Waals surface area contributed by atoms with Gasteiger partial charge in [0.1, 0.15) is 9.84 Å². The van der Waals surface area contributed by atoms with Crippen LogP contribution in [0, 0.1) is 13.8 Å². The molecule has 0 spiro atoms. The minimum atomic E-state index is -3.09. The highest BCUT2D eigenvalue weighted by atomic mass is 79.9. The second-order valence-corrected chi connectivity index (χ2v) is 7.28. The zero-order valence-corrected chi connectivity index (χ0v) is 12.5. The first kappa shape index (κ1) is 14.4. The highest BCUT2D eigenvalue weighted by Crippen LogP contribution is 2.23. The third kappa shape index (κ3) is 4.24. The summed E-state index contributed by atoms with van der Waals surface area (Å²) in [5.74, 6) is -0.228. The predicted octanol–water partition coefficient (Wildman–Crippen LogP) is 2.68. The summed E-state index contributed by atoms with van der Waals surface area (Å²) in [6, 6.07) is 3.56. The number of rotatable bonds is 4. The number of carbonyl (C=O) groups excluding carboxylic acids is 1. The Morgan fingerprint density at radius 3 is 2.12 bits per heavy atom. The lowest BCUT2D eigenvalue weighted by Crippen LogP contribution is -2.10. The van der Waals surface area contributed by atoms with Crippen LogP contribution in [0.15, 0.2) is 16.6 Å². The Bertz CT molecular complexity index is 524. The van der Waals surface area contributed by atoms with E-state index >= 15 is 0 Å². The van der Waals surface area contributed by atoms with Crippen molar-refractivity contribution in [2.45, 2.75) is 20.3 Å². The number of hydrogen-bond donors (Lipinski definition) is 0. The lowest BCUT2D eigenvalue weighted by Gasteiger charge is -2.07. The molecular formula is C12H15BrO3S. The van der Waals surface area contributed by atoms with Crippen LogP contribution in [0.2, 0.25) is 0 Å². The molecular weight excluding hydrogens is 304 g/mol. The van der Waals surface area contributed by atoms with E-state index in [1.165, 1.54) is 0 Å². The normalized spacial score (nSPS) is 11.5. The van der Waals surface area contributed by atoms with Gasteiger partial charge in [-0.15, -0.1) is 0 Å². The van der Waals surface area contributed by atoms with Crippen LogP contribution in [0.5, 0.6) is 0 Å². The Morgan fingerprint density at radius 1 is 1.24 bits per heavy atom. The van der Waals surface area contributed by atoms with Gasteiger partial charge in [0.2, 0.25) is 0 Å². The van der Waals surface area contributed by atoms with E-state index in [-0.39, 0.29) is 18.0 Å². The largest absolute Gasteiger partial charge is 0.294 e. The molecule has 0 aliphatic rings. The zero-order valence-electron chi connectivity index (χ0n) is 10.1. The molecule has 0 bridgehead atoms. The maximum Gasteiger partial charge on any atom is 0.163 e. The number of Topliss-reactive ketones (excluding diaryl/α,β-unsaturated/α-hetero) is 1. The molecule has 94 valence electrons. The summed E-state index contributed by atoms with van der Waals surface area (Å²) in [6.45, 7) is 3.81. The molecule has 5 heteroatoms. The van der Waals surface area contributed by atoms with Crippen LogP contribution in [0.25, 0.3) is 0 Å². The van der Waals surface area contributed by atoms with Gasteiger partial charge in [-0.1, -0.05) is 15.9 Å². The summed E-state index contributed by atoms with van der Waals surface area (Å²) in [7, 11) is -3.09. The Labute approximate surface area is 110 Å². The van der Waals surface area contributed by atoms with Gasteiger partial charge in [0.25, 0.3) is 0 Å². The van der Waals surface area contributed by atoms with Crippen molar-refractivity contribution in [1.29, 1.82) is 0 Å². The molecule has 3 nitrogen and oxygen atoms in total. The third-order valence-electron chi connectivity index (χ3n) is 2.46. The molecule has 0 fully saturated rings. The van der Waals surface area contributed by atoms with Crippen LogP contribution in [0.4, 0.5) is 0 Å². The van der Waals surface area contributed by atoms with E-state index in [1.54, 1.807) is 12.1 Å². The van der Waals surface area contributed by atoms with Crippen LogP contribution in [-0.2, 0) is 9.84 Å². The summed E-state index contributed by atoms with van der Waals surface area (Å²) in [4.78, 5) is 11.8. The monoisotopic (exact) mass is 318 g/mol. The Balaban J connectivity index is 2.91. The summed E-state index contributed by atoms with van der Waals surface area (Å²) < 4.78 is 23.0. The van der Waals surface area contributed by atoms with Crippen molar-refractivity contribution in [3.05, 3.63) is 33.3 Å². The molecule has 1 rings (SSSR count).